The van der Waals surface area contributed by atoms with Crippen LogP contribution in [0.5, 0.6) is 0 Å². The minimum absolute atomic E-state index is 0.299. The summed E-state index contributed by atoms with van der Waals surface area (Å²) in [6.07, 6.45) is 1.58. The molecule has 3 rings (SSSR count). The predicted molar refractivity (Wildman–Crippen MR) is 71.9 cm³/mol. The minimum Gasteiger partial charge on any atom is -0.465 e. The zero-order valence-electron chi connectivity index (χ0n) is 11.5. The minimum atomic E-state index is -0.534. The van der Waals surface area contributed by atoms with Crippen LogP contribution in [0.1, 0.15) is 27.7 Å². The average molecular weight is 262 g/mol. The van der Waals surface area contributed by atoms with Crippen LogP contribution in [0.3, 0.4) is 0 Å². The van der Waals surface area contributed by atoms with E-state index in [2.05, 4.69) is 0 Å². The molecule has 1 aromatic carbocycles. The molecule has 1 saturated heterocycles. The summed E-state index contributed by atoms with van der Waals surface area (Å²) in [5.74, 6) is -0.299. The number of halogens is 1. The Balaban J connectivity index is 2.05. The van der Waals surface area contributed by atoms with Crippen LogP contribution in [-0.2, 0) is 9.31 Å². The Labute approximate surface area is 111 Å². The molecule has 2 heterocycles. The fraction of sp³-hybridized carbons (Fsp3) is 0.429. The van der Waals surface area contributed by atoms with Crippen LogP contribution in [0.2, 0.25) is 0 Å². The van der Waals surface area contributed by atoms with E-state index >= 15 is 0 Å². The van der Waals surface area contributed by atoms with Gasteiger partial charge >= 0.3 is 7.12 Å². The van der Waals surface area contributed by atoms with E-state index in [1.54, 1.807) is 12.3 Å². The van der Waals surface area contributed by atoms with Gasteiger partial charge in [-0.1, -0.05) is 0 Å². The first-order valence-electron chi connectivity index (χ1n) is 6.32. The Bertz CT molecular complexity index is 617. The van der Waals surface area contributed by atoms with Gasteiger partial charge in [-0.25, -0.2) is 4.39 Å². The molecule has 19 heavy (non-hydrogen) atoms. The van der Waals surface area contributed by atoms with Crippen molar-refractivity contribution in [3.63, 3.8) is 0 Å². The highest BCUT2D eigenvalue weighted by atomic mass is 19.1. The van der Waals surface area contributed by atoms with Gasteiger partial charge in [-0.05, 0) is 45.9 Å². The van der Waals surface area contributed by atoms with Crippen molar-refractivity contribution in [2.75, 3.05) is 0 Å². The molecule has 0 saturated carbocycles. The third-order valence-electron chi connectivity index (χ3n) is 4.07. The van der Waals surface area contributed by atoms with E-state index in [0.29, 0.717) is 11.0 Å². The van der Waals surface area contributed by atoms with Gasteiger partial charge in [-0.15, -0.1) is 0 Å². The SMILES string of the molecule is CC1(C)OB(c2coc3ccc(F)cc23)OC1(C)C. The third-order valence-corrected chi connectivity index (χ3v) is 4.07. The number of fused-ring (bicyclic) bond motifs is 1. The molecule has 1 aliphatic rings. The van der Waals surface area contributed by atoms with Crippen LogP contribution in [0, 0.1) is 5.82 Å². The molecule has 1 fully saturated rings. The molecule has 0 bridgehead atoms. The van der Waals surface area contributed by atoms with E-state index in [1.165, 1.54) is 12.1 Å². The lowest BCUT2D eigenvalue weighted by Gasteiger charge is -2.32. The van der Waals surface area contributed by atoms with Crippen LogP contribution >= 0.6 is 0 Å². The maximum absolute atomic E-state index is 13.4. The topological polar surface area (TPSA) is 31.6 Å². The highest BCUT2D eigenvalue weighted by Gasteiger charge is 2.52. The lowest BCUT2D eigenvalue weighted by molar-refractivity contribution is 0.00578. The highest BCUT2D eigenvalue weighted by molar-refractivity contribution is 6.65. The van der Waals surface area contributed by atoms with Gasteiger partial charge in [0.15, 0.2) is 0 Å². The highest BCUT2D eigenvalue weighted by Crippen LogP contribution is 2.37. The fourth-order valence-electron chi connectivity index (χ4n) is 2.17. The Kier molecular flexibility index (Phi) is 2.56. The van der Waals surface area contributed by atoms with Crippen molar-refractivity contribution in [2.45, 2.75) is 38.9 Å². The van der Waals surface area contributed by atoms with Crippen molar-refractivity contribution in [3.05, 3.63) is 30.3 Å². The second-order valence-corrected chi connectivity index (χ2v) is 5.92. The lowest BCUT2D eigenvalue weighted by Crippen LogP contribution is -2.41. The Morgan fingerprint density at radius 1 is 1.05 bits per heavy atom. The number of rotatable bonds is 1. The molecular formula is C14H16BFO3. The van der Waals surface area contributed by atoms with Gasteiger partial charge < -0.3 is 13.7 Å². The van der Waals surface area contributed by atoms with Gasteiger partial charge in [0.2, 0.25) is 0 Å². The van der Waals surface area contributed by atoms with E-state index in [4.69, 9.17) is 13.7 Å². The van der Waals surface area contributed by atoms with Crippen LogP contribution in [0.15, 0.2) is 28.9 Å². The van der Waals surface area contributed by atoms with Crippen molar-refractivity contribution in [1.82, 2.24) is 0 Å². The zero-order chi connectivity index (χ0) is 13.8. The molecule has 0 unspecified atom stereocenters. The summed E-state index contributed by atoms with van der Waals surface area (Å²) in [5.41, 5.74) is 0.516. The van der Waals surface area contributed by atoms with Crippen molar-refractivity contribution in [3.8, 4) is 0 Å². The van der Waals surface area contributed by atoms with Gasteiger partial charge in [-0.3, -0.25) is 0 Å². The predicted octanol–water partition coefficient (Wildman–Crippen LogP) is 2.87. The molecule has 3 nitrogen and oxygen atoms in total. The largest absolute Gasteiger partial charge is 0.498 e. The quantitative estimate of drug-likeness (QED) is 0.740. The smallest absolute Gasteiger partial charge is 0.465 e. The molecule has 0 aliphatic carbocycles. The number of hydrogen-bond donors (Lipinski definition) is 0. The summed E-state index contributed by atoms with van der Waals surface area (Å²) in [6.45, 7) is 7.93. The second kappa shape index (κ2) is 3.84. The molecule has 100 valence electrons. The third kappa shape index (κ3) is 1.88. The maximum atomic E-state index is 13.4. The first-order chi connectivity index (χ1) is 8.80. The lowest BCUT2D eigenvalue weighted by atomic mass is 9.79. The van der Waals surface area contributed by atoms with Crippen LogP contribution < -0.4 is 5.46 Å². The molecule has 2 aromatic rings. The fourth-order valence-corrected chi connectivity index (χ4v) is 2.17. The van der Waals surface area contributed by atoms with Gasteiger partial charge in [0.1, 0.15) is 11.4 Å². The summed E-state index contributed by atoms with van der Waals surface area (Å²) < 4.78 is 30.7. The van der Waals surface area contributed by atoms with Crippen molar-refractivity contribution >= 4 is 23.6 Å². The van der Waals surface area contributed by atoms with Gasteiger partial charge in [-0.2, -0.15) is 0 Å². The van der Waals surface area contributed by atoms with Crippen molar-refractivity contribution < 1.29 is 18.1 Å². The normalized spacial score (nSPS) is 21.2. The molecule has 0 amide bonds. The molecule has 1 aromatic heterocycles. The van der Waals surface area contributed by atoms with E-state index in [9.17, 15) is 4.39 Å². The molecule has 1 aliphatic heterocycles. The number of furan rings is 1. The summed E-state index contributed by atoms with van der Waals surface area (Å²) in [4.78, 5) is 0. The first kappa shape index (κ1) is 12.7. The Morgan fingerprint density at radius 2 is 1.68 bits per heavy atom. The van der Waals surface area contributed by atoms with Gasteiger partial charge in [0, 0.05) is 10.8 Å². The first-order valence-corrected chi connectivity index (χ1v) is 6.32. The molecule has 0 N–H and O–H groups in total. The van der Waals surface area contributed by atoms with E-state index < -0.39 is 18.3 Å². The Hall–Kier alpha value is -1.33. The van der Waals surface area contributed by atoms with Gasteiger partial charge in [0.05, 0.1) is 17.5 Å². The van der Waals surface area contributed by atoms with Crippen LogP contribution in [-0.4, -0.2) is 18.3 Å². The second-order valence-electron chi connectivity index (χ2n) is 5.92. The zero-order valence-corrected chi connectivity index (χ0v) is 11.5. The summed E-state index contributed by atoms with van der Waals surface area (Å²) in [5, 5.41) is 0.693. The molecule has 0 spiro atoms. The van der Waals surface area contributed by atoms with E-state index in [1.807, 2.05) is 27.7 Å². The standard InChI is InChI=1S/C14H16BFO3/c1-13(2)14(3,4)19-15(18-13)11-8-17-12-6-5-9(16)7-10(11)12/h5-8H,1-4H3. The van der Waals surface area contributed by atoms with Crippen molar-refractivity contribution in [2.24, 2.45) is 0 Å². The van der Waals surface area contributed by atoms with Gasteiger partial charge in [0.25, 0.3) is 0 Å². The average Bonchev–Trinajstić information content (AvgIpc) is 2.77. The van der Waals surface area contributed by atoms with Crippen LogP contribution in [0.25, 0.3) is 11.0 Å². The Morgan fingerprint density at radius 3 is 2.32 bits per heavy atom. The molecule has 5 heteroatoms. The summed E-state index contributed by atoms with van der Waals surface area (Å²) in [7, 11) is -0.534. The van der Waals surface area contributed by atoms with E-state index in [-0.39, 0.29) is 5.82 Å². The summed E-state index contributed by atoms with van der Waals surface area (Å²) >= 11 is 0. The van der Waals surface area contributed by atoms with Crippen LogP contribution in [0.4, 0.5) is 4.39 Å². The maximum Gasteiger partial charge on any atom is 0.498 e. The molecule has 0 atom stereocenters. The number of hydrogen-bond acceptors (Lipinski definition) is 3. The molecular weight excluding hydrogens is 246 g/mol. The van der Waals surface area contributed by atoms with Crippen molar-refractivity contribution in [1.29, 1.82) is 0 Å². The summed E-state index contributed by atoms with van der Waals surface area (Å²) in [6, 6.07) is 4.43. The molecule has 0 radical (unpaired) electrons. The number of benzene rings is 1. The monoisotopic (exact) mass is 262 g/mol. The van der Waals surface area contributed by atoms with E-state index in [0.717, 1.165) is 5.46 Å².